The molecule has 0 atom stereocenters. The highest BCUT2D eigenvalue weighted by Crippen LogP contribution is 2.21. The Kier molecular flexibility index (Phi) is 2.37. The number of pyridine rings is 1. The molecule has 0 amide bonds. The quantitative estimate of drug-likeness (QED) is 0.682. The lowest BCUT2D eigenvalue weighted by Crippen LogP contribution is -2.18. The lowest BCUT2D eigenvalue weighted by Gasteiger charge is -2.17. The van der Waals surface area contributed by atoms with Gasteiger partial charge in [0.25, 0.3) is 0 Å². The van der Waals surface area contributed by atoms with Crippen LogP contribution in [0.5, 0.6) is 0 Å². The Bertz CT molecular complexity index is 420. The van der Waals surface area contributed by atoms with Gasteiger partial charge in [0.05, 0.1) is 12.8 Å². The average Bonchev–Trinajstić information content (AvgIpc) is 2.18. The number of H-pyrrole nitrogens is 1. The zero-order valence-corrected chi connectivity index (χ0v) is 7.96. The standard InChI is InChI=1S/C10H12N2O2/c1-14-12-9-4-2-3-8-7(9)5-6-10(13)11-8/h4-6,12H,2-3H2,1H3,(H,11,13). The smallest absolute Gasteiger partial charge is 0.248 e. The maximum Gasteiger partial charge on any atom is 0.248 e. The van der Waals surface area contributed by atoms with Gasteiger partial charge < -0.3 is 4.98 Å². The van der Waals surface area contributed by atoms with Gasteiger partial charge >= 0.3 is 0 Å². The van der Waals surface area contributed by atoms with Gasteiger partial charge in [-0.1, -0.05) is 6.08 Å². The van der Waals surface area contributed by atoms with Crippen molar-refractivity contribution >= 4 is 5.70 Å². The summed E-state index contributed by atoms with van der Waals surface area (Å²) in [5.74, 6) is 0. The molecule has 0 saturated carbocycles. The number of aromatic nitrogens is 1. The zero-order chi connectivity index (χ0) is 9.97. The van der Waals surface area contributed by atoms with Crippen molar-refractivity contribution in [3.8, 4) is 0 Å². The summed E-state index contributed by atoms with van der Waals surface area (Å²) >= 11 is 0. The largest absolute Gasteiger partial charge is 0.326 e. The summed E-state index contributed by atoms with van der Waals surface area (Å²) in [5, 5.41) is 0. The minimum Gasteiger partial charge on any atom is -0.326 e. The fraction of sp³-hybridized carbons (Fsp3) is 0.300. The second-order valence-corrected chi connectivity index (χ2v) is 3.18. The van der Waals surface area contributed by atoms with Crippen molar-refractivity contribution in [2.24, 2.45) is 0 Å². The van der Waals surface area contributed by atoms with Crippen LogP contribution in [0.2, 0.25) is 0 Å². The molecule has 1 aliphatic carbocycles. The lowest BCUT2D eigenvalue weighted by atomic mass is 10.0. The van der Waals surface area contributed by atoms with Gasteiger partial charge in [-0.2, -0.15) is 0 Å². The number of hydroxylamine groups is 1. The van der Waals surface area contributed by atoms with E-state index in [1.54, 1.807) is 7.11 Å². The van der Waals surface area contributed by atoms with Crippen LogP contribution in [-0.2, 0) is 11.3 Å². The molecule has 0 aromatic carbocycles. The van der Waals surface area contributed by atoms with Crippen molar-refractivity contribution in [2.45, 2.75) is 12.8 Å². The van der Waals surface area contributed by atoms with Crippen LogP contribution in [0.3, 0.4) is 0 Å². The van der Waals surface area contributed by atoms with Gasteiger partial charge in [0.1, 0.15) is 0 Å². The third-order valence-corrected chi connectivity index (χ3v) is 2.25. The fourth-order valence-corrected chi connectivity index (χ4v) is 1.64. The molecule has 0 bridgehead atoms. The van der Waals surface area contributed by atoms with Crippen molar-refractivity contribution < 1.29 is 4.84 Å². The normalized spacial score (nSPS) is 14.5. The van der Waals surface area contributed by atoms with Crippen LogP contribution in [0.15, 0.2) is 23.0 Å². The lowest BCUT2D eigenvalue weighted by molar-refractivity contribution is 0.136. The SMILES string of the molecule is CONC1=CCCc2[nH]c(=O)ccc21. The Hall–Kier alpha value is -1.55. The van der Waals surface area contributed by atoms with Crippen LogP contribution in [0.1, 0.15) is 17.7 Å². The van der Waals surface area contributed by atoms with Crippen LogP contribution < -0.4 is 11.0 Å². The number of hydrogen-bond acceptors (Lipinski definition) is 3. The Morgan fingerprint density at radius 2 is 2.36 bits per heavy atom. The predicted octanol–water partition coefficient (Wildman–Crippen LogP) is 0.813. The third-order valence-electron chi connectivity index (χ3n) is 2.25. The molecule has 0 unspecified atom stereocenters. The highest BCUT2D eigenvalue weighted by atomic mass is 16.6. The first kappa shape index (κ1) is 9.02. The molecular formula is C10H12N2O2. The van der Waals surface area contributed by atoms with E-state index in [-0.39, 0.29) is 5.56 Å². The van der Waals surface area contributed by atoms with Gasteiger partial charge in [-0.3, -0.25) is 15.1 Å². The van der Waals surface area contributed by atoms with E-state index in [2.05, 4.69) is 16.5 Å². The second-order valence-electron chi connectivity index (χ2n) is 3.18. The molecule has 0 spiro atoms. The number of fused-ring (bicyclic) bond motifs is 1. The van der Waals surface area contributed by atoms with Gasteiger partial charge in [0, 0.05) is 17.3 Å². The van der Waals surface area contributed by atoms with Gasteiger partial charge in [-0.05, 0) is 18.9 Å². The van der Waals surface area contributed by atoms with Crippen molar-refractivity contribution in [3.05, 3.63) is 39.8 Å². The molecular weight excluding hydrogens is 180 g/mol. The van der Waals surface area contributed by atoms with E-state index < -0.39 is 0 Å². The van der Waals surface area contributed by atoms with Crippen molar-refractivity contribution in [1.29, 1.82) is 0 Å². The molecule has 0 radical (unpaired) electrons. The first-order chi connectivity index (χ1) is 6.81. The monoisotopic (exact) mass is 192 g/mol. The highest BCUT2D eigenvalue weighted by Gasteiger charge is 2.12. The molecule has 0 saturated heterocycles. The van der Waals surface area contributed by atoms with Crippen LogP contribution in [0.4, 0.5) is 0 Å². The number of nitrogens with one attached hydrogen (secondary N) is 2. The molecule has 0 fully saturated rings. The first-order valence-corrected chi connectivity index (χ1v) is 4.53. The van der Waals surface area contributed by atoms with Crippen molar-refractivity contribution in [2.75, 3.05) is 7.11 Å². The zero-order valence-electron chi connectivity index (χ0n) is 7.96. The molecule has 74 valence electrons. The Balaban J connectivity index is 2.43. The number of allylic oxidation sites excluding steroid dienone is 1. The van der Waals surface area contributed by atoms with Gasteiger partial charge in [0.2, 0.25) is 5.56 Å². The van der Waals surface area contributed by atoms with Crippen molar-refractivity contribution in [3.63, 3.8) is 0 Å². The van der Waals surface area contributed by atoms with Gasteiger partial charge in [-0.15, -0.1) is 0 Å². The van der Waals surface area contributed by atoms with Crippen LogP contribution in [0.25, 0.3) is 5.70 Å². The Morgan fingerprint density at radius 1 is 1.50 bits per heavy atom. The van der Waals surface area contributed by atoms with E-state index in [0.29, 0.717) is 0 Å². The molecule has 2 N–H and O–H groups in total. The third kappa shape index (κ3) is 1.56. The minimum absolute atomic E-state index is 0.0533. The molecule has 1 aliphatic rings. The molecule has 1 heterocycles. The Morgan fingerprint density at radius 3 is 3.14 bits per heavy atom. The van der Waals surface area contributed by atoms with Gasteiger partial charge in [-0.25, -0.2) is 0 Å². The van der Waals surface area contributed by atoms with Gasteiger partial charge in [0.15, 0.2) is 0 Å². The fourth-order valence-electron chi connectivity index (χ4n) is 1.64. The summed E-state index contributed by atoms with van der Waals surface area (Å²) < 4.78 is 0. The summed E-state index contributed by atoms with van der Waals surface area (Å²) in [6.07, 6.45) is 3.85. The van der Waals surface area contributed by atoms with E-state index in [0.717, 1.165) is 29.8 Å². The van der Waals surface area contributed by atoms with E-state index >= 15 is 0 Å². The molecule has 0 aliphatic heterocycles. The van der Waals surface area contributed by atoms with E-state index in [1.807, 2.05) is 6.07 Å². The first-order valence-electron chi connectivity index (χ1n) is 4.53. The molecule has 4 heteroatoms. The van der Waals surface area contributed by atoms with Crippen LogP contribution >= 0.6 is 0 Å². The topological polar surface area (TPSA) is 54.1 Å². The number of aromatic amines is 1. The summed E-state index contributed by atoms with van der Waals surface area (Å²) in [6.45, 7) is 0. The summed E-state index contributed by atoms with van der Waals surface area (Å²) in [7, 11) is 1.57. The maximum atomic E-state index is 11.1. The number of aryl methyl sites for hydroxylation is 1. The molecule has 1 aromatic rings. The molecule has 4 nitrogen and oxygen atoms in total. The Labute approximate surface area is 81.6 Å². The summed E-state index contributed by atoms with van der Waals surface area (Å²) in [6, 6.07) is 3.33. The van der Waals surface area contributed by atoms with E-state index in [9.17, 15) is 4.79 Å². The van der Waals surface area contributed by atoms with E-state index in [1.165, 1.54) is 6.07 Å². The summed E-state index contributed by atoms with van der Waals surface area (Å²) in [5.41, 5.74) is 5.65. The average molecular weight is 192 g/mol. The second kappa shape index (κ2) is 3.67. The maximum absolute atomic E-state index is 11.1. The van der Waals surface area contributed by atoms with E-state index in [4.69, 9.17) is 4.84 Å². The predicted molar refractivity (Wildman–Crippen MR) is 53.5 cm³/mol. The summed E-state index contributed by atoms with van der Waals surface area (Å²) in [4.78, 5) is 18.8. The number of hydrogen-bond donors (Lipinski definition) is 2. The molecule has 14 heavy (non-hydrogen) atoms. The van der Waals surface area contributed by atoms with Crippen LogP contribution in [-0.4, -0.2) is 12.1 Å². The highest BCUT2D eigenvalue weighted by molar-refractivity contribution is 5.66. The minimum atomic E-state index is -0.0533. The van der Waals surface area contributed by atoms with Crippen LogP contribution in [0, 0.1) is 0 Å². The molecule has 2 rings (SSSR count). The van der Waals surface area contributed by atoms with Crippen molar-refractivity contribution in [1.82, 2.24) is 10.5 Å². The number of rotatable bonds is 2. The molecule has 1 aromatic heterocycles.